The Morgan fingerprint density at radius 3 is 2.41 bits per heavy atom. The standard InChI is InChI=1S/C33H38N2O8S/c1-7-8-16-42-23-12-9-21(10-13-23)28(36)26-27(22-11-14-24(25(18-22)40-5)43-17-15-19(2)3)35(31(38)29(26)37)33-34-20(4)30(44-33)32(39)41-6/h9-14,18-19,27,36H,7-8,15-17H2,1-6H3/b28-26+. The van der Waals surface area contributed by atoms with Crippen LogP contribution in [0.2, 0.25) is 0 Å². The number of aromatic nitrogens is 1. The van der Waals surface area contributed by atoms with Crippen LogP contribution in [0.3, 0.4) is 0 Å². The van der Waals surface area contributed by atoms with Crippen LogP contribution >= 0.6 is 11.3 Å². The molecule has 1 unspecified atom stereocenters. The van der Waals surface area contributed by atoms with E-state index in [2.05, 4.69) is 25.8 Å². The molecule has 2 heterocycles. The van der Waals surface area contributed by atoms with E-state index in [-0.39, 0.29) is 21.3 Å². The van der Waals surface area contributed by atoms with Crippen LogP contribution in [0.4, 0.5) is 5.13 Å². The number of methoxy groups -OCH3 is 2. The summed E-state index contributed by atoms with van der Waals surface area (Å²) in [6.45, 7) is 8.94. The number of ether oxygens (including phenoxy) is 4. The number of carbonyl (C=O) groups is 3. The highest BCUT2D eigenvalue weighted by Gasteiger charge is 2.48. The maximum absolute atomic E-state index is 13.6. The van der Waals surface area contributed by atoms with Crippen molar-refractivity contribution in [1.29, 1.82) is 0 Å². The van der Waals surface area contributed by atoms with Gasteiger partial charge in [0, 0.05) is 5.56 Å². The lowest BCUT2D eigenvalue weighted by Crippen LogP contribution is -2.29. The van der Waals surface area contributed by atoms with Crippen LogP contribution in [0.5, 0.6) is 17.2 Å². The second-order valence-corrected chi connectivity index (χ2v) is 11.7. The number of aliphatic hydroxyl groups is 1. The fraction of sp³-hybridized carbons (Fsp3) is 0.394. The first-order chi connectivity index (χ1) is 21.1. The van der Waals surface area contributed by atoms with E-state index < -0.39 is 23.7 Å². The summed E-state index contributed by atoms with van der Waals surface area (Å²) in [4.78, 5) is 45.5. The first-order valence-electron chi connectivity index (χ1n) is 14.5. The van der Waals surface area contributed by atoms with Gasteiger partial charge in [-0.2, -0.15) is 0 Å². The van der Waals surface area contributed by atoms with E-state index in [0.717, 1.165) is 30.6 Å². The number of esters is 1. The Bertz CT molecular complexity index is 1540. The average molecular weight is 623 g/mol. The summed E-state index contributed by atoms with van der Waals surface area (Å²) in [5, 5.41) is 11.7. The lowest BCUT2D eigenvalue weighted by atomic mass is 9.95. The largest absolute Gasteiger partial charge is 0.507 e. The molecule has 10 nitrogen and oxygen atoms in total. The minimum Gasteiger partial charge on any atom is -0.507 e. The molecule has 2 aromatic carbocycles. The molecule has 0 radical (unpaired) electrons. The first-order valence-corrected chi connectivity index (χ1v) is 15.3. The quantitative estimate of drug-likeness (QED) is 0.0750. The average Bonchev–Trinajstić information content (AvgIpc) is 3.52. The number of hydrogen-bond acceptors (Lipinski definition) is 10. The zero-order valence-corrected chi connectivity index (χ0v) is 26.7. The summed E-state index contributed by atoms with van der Waals surface area (Å²) < 4.78 is 22.2. The van der Waals surface area contributed by atoms with Crippen LogP contribution in [0.15, 0.2) is 48.0 Å². The van der Waals surface area contributed by atoms with Gasteiger partial charge in [-0.3, -0.25) is 14.5 Å². The molecule has 0 bridgehead atoms. The van der Waals surface area contributed by atoms with E-state index >= 15 is 0 Å². The maximum Gasteiger partial charge on any atom is 0.350 e. The predicted octanol–water partition coefficient (Wildman–Crippen LogP) is 6.48. The number of nitrogens with zero attached hydrogens (tertiary/aromatic N) is 2. The highest BCUT2D eigenvalue weighted by atomic mass is 32.1. The van der Waals surface area contributed by atoms with Gasteiger partial charge in [0.2, 0.25) is 0 Å². The molecule has 1 aromatic heterocycles. The summed E-state index contributed by atoms with van der Waals surface area (Å²) in [5.41, 5.74) is 1.04. The summed E-state index contributed by atoms with van der Waals surface area (Å²) in [6.07, 6.45) is 2.75. The number of Topliss-reactive ketones (excluding diaryl/α,β-unsaturated/α-hetero) is 1. The Labute approximate surface area is 261 Å². The van der Waals surface area contributed by atoms with Crippen molar-refractivity contribution in [1.82, 2.24) is 4.98 Å². The molecule has 0 saturated carbocycles. The second kappa shape index (κ2) is 14.4. The molecule has 1 fully saturated rings. The Hall–Kier alpha value is -4.38. The summed E-state index contributed by atoms with van der Waals surface area (Å²) >= 11 is 0.932. The lowest BCUT2D eigenvalue weighted by Gasteiger charge is -2.24. The number of anilines is 1. The summed E-state index contributed by atoms with van der Waals surface area (Å²) in [6, 6.07) is 10.7. The molecule has 4 rings (SSSR count). The third-order valence-corrected chi connectivity index (χ3v) is 8.29. The lowest BCUT2D eigenvalue weighted by molar-refractivity contribution is -0.132. The summed E-state index contributed by atoms with van der Waals surface area (Å²) in [5.74, 6) is -0.760. The molecular formula is C33H38N2O8S. The normalized spacial score (nSPS) is 16.0. The van der Waals surface area contributed by atoms with Crippen LogP contribution in [-0.2, 0) is 14.3 Å². The zero-order valence-electron chi connectivity index (χ0n) is 25.8. The molecule has 3 aromatic rings. The second-order valence-electron chi connectivity index (χ2n) is 10.7. The smallest absolute Gasteiger partial charge is 0.350 e. The third-order valence-electron chi connectivity index (χ3n) is 7.16. The van der Waals surface area contributed by atoms with Gasteiger partial charge < -0.3 is 24.1 Å². The minimum absolute atomic E-state index is 0.116. The Morgan fingerprint density at radius 2 is 1.77 bits per heavy atom. The van der Waals surface area contributed by atoms with Gasteiger partial charge in [0.1, 0.15) is 16.4 Å². The van der Waals surface area contributed by atoms with Gasteiger partial charge >= 0.3 is 11.9 Å². The van der Waals surface area contributed by atoms with E-state index in [9.17, 15) is 19.5 Å². The minimum atomic E-state index is -1.08. The molecule has 0 aliphatic carbocycles. The number of thiazole rings is 1. The predicted molar refractivity (Wildman–Crippen MR) is 168 cm³/mol. The number of benzene rings is 2. The van der Waals surface area contributed by atoms with Crippen molar-refractivity contribution in [3.8, 4) is 17.2 Å². The van der Waals surface area contributed by atoms with E-state index in [1.807, 2.05) is 0 Å². The molecule has 1 saturated heterocycles. The van der Waals surface area contributed by atoms with Crippen LogP contribution < -0.4 is 19.1 Å². The van der Waals surface area contributed by atoms with E-state index in [1.54, 1.807) is 49.4 Å². The molecule has 44 heavy (non-hydrogen) atoms. The van der Waals surface area contributed by atoms with E-state index in [4.69, 9.17) is 18.9 Å². The van der Waals surface area contributed by atoms with Crippen molar-refractivity contribution in [2.45, 2.75) is 53.0 Å². The molecule has 1 atom stereocenters. The topological polar surface area (TPSA) is 124 Å². The highest BCUT2D eigenvalue weighted by Crippen LogP contribution is 2.45. The van der Waals surface area contributed by atoms with Crippen molar-refractivity contribution in [3.63, 3.8) is 0 Å². The van der Waals surface area contributed by atoms with Crippen LogP contribution in [0.25, 0.3) is 5.76 Å². The maximum atomic E-state index is 13.6. The molecule has 1 amide bonds. The number of unbranched alkanes of at least 4 members (excludes halogenated alkanes) is 1. The Balaban J connectivity index is 1.83. The first kappa shape index (κ1) is 32.5. The van der Waals surface area contributed by atoms with Crippen LogP contribution in [0.1, 0.15) is 72.6 Å². The number of hydrogen-bond donors (Lipinski definition) is 1. The van der Waals surface area contributed by atoms with Gasteiger partial charge in [0.25, 0.3) is 5.78 Å². The molecule has 0 spiro atoms. The number of aliphatic hydroxyl groups excluding tert-OH is 1. The van der Waals surface area contributed by atoms with Gasteiger partial charge in [-0.05, 0) is 67.6 Å². The number of amides is 1. The Morgan fingerprint density at radius 1 is 1.05 bits per heavy atom. The zero-order chi connectivity index (χ0) is 32.0. The van der Waals surface area contributed by atoms with Crippen molar-refractivity contribution >= 4 is 39.9 Å². The number of ketones is 1. The molecule has 11 heteroatoms. The van der Waals surface area contributed by atoms with Gasteiger partial charge in [0.05, 0.1) is 44.7 Å². The number of aryl methyl sites for hydroxylation is 1. The van der Waals surface area contributed by atoms with E-state index in [0.29, 0.717) is 53.2 Å². The molecule has 1 aliphatic heterocycles. The molecule has 234 valence electrons. The fourth-order valence-electron chi connectivity index (χ4n) is 4.69. The highest BCUT2D eigenvalue weighted by molar-refractivity contribution is 7.17. The monoisotopic (exact) mass is 622 g/mol. The van der Waals surface area contributed by atoms with Crippen LogP contribution in [0, 0.1) is 12.8 Å². The number of rotatable bonds is 13. The van der Waals surface area contributed by atoms with Crippen molar-refractivity contribution in [3.05, 3.63) is 69.7 Å². The molecule has 1 aliphatic rings. The van der Waals surface area contributed by atoms with Crippen molar-refractivity contribution in [2.24, 2.45) is 5.92 Å². The van der Waals surface area contributed by atoms with E-state index in [1.165, 1.54) is 19.1 Å². The number of carbonyl (C=O) groups excluding carboxylic acids is 3. The molecular weight excluding hydrogens is 584 g/mol. The SMILES string of the molecule is CCCCOc1ccc(/C(O)=C2\C(=O)C(=O)N(c3nc(C)c(C(=O)OC)s3)C2c2ccc(OCCC(C)C)c(OC)c2)cc1. The fourth-order valence-corrected chi connectivity index (χ4v) is 5.70. The van der Waals surface area contributed by atoms with Crippen molar-refractivity contribution < 1.29 is 38.4 Å². The van der Waals surface area contributed by atoms with Gasteiger partial charge in [-0.15, -0.1) is 0 Å². The third kappa shape index (κ3) is 6.88. The Kier molecular flexibility index (Phi) is 10.6. The molecule has 1 N–H and O–H groups in total. The van der Waals surface area contributed by atoms with Crippen LogP contribution in [-0.4, -0.2) is 55.2 Å². The van der Waals surface area contributed by atoms with Crippen molar-refractivity contribution in [2.75, 3.05) is 32.3 Å². The van der Waals surface area contributed by atoms with Gasteiger partial charge in [0.15, 0.2) is 16.6 Å². The summed E-state index contributed by atoms with van der Waals surface area (Å²) in [7, 11) is 2.76. The van der Waals surface area contributed by atoms with Gasteiger partial charge in [-0.1, -0.05) is 44.6 Å². The van der Waals surface area contributed by atoms with Gasteiger partial charge in [-0.25, -0.2) is 9.78 Å².